The normalized spacial score (nSPS) is 15.8. The molecule has 0 fully saturated rings. The summed E-state index contributed by atoms with van der Waals surface area (Å²) in [7, 11) is 1.35. The average Bonchev–Trinajstić information content (AvgIpc) is 2.63. The standard InChI is InChI=1S/C20H32NO8P/c1-6-8-10-12-19(22)26-16-18(29-20(23)13-11-9-7-2)17-28-30(24,25)27-15-14-21(3,4)5/h6-13,18H,14-17H2,1-5H3/p+1/b8-6+,9-7+,12-10+,13-11+. The van der Waals surface area contributed by atoms with Crippen molar-refractivity contribution in [2.45, 2.75) is 20.0 Å². The van der Waals surface area contributed by atoms with Gasteiger partial charge < -0.3 is 18.9 Å². The van der Waals surface area contributed by atoms with Crippen molar-refractivity contribution < 1.29 is 42.1 Å². The van der Waals surface area contributed by atoms with Crippen LogP contribution in [0.3, 0.4) is 0 Å². The lowest BCUT2D eigenvalue weighted by atomic mass is 10.4. The molecule has 0 amide bonds. The summed E-state index contributed by atoms with van der Waals surface area (Å²) in [5, 5.41) is 0. The minimum Gasteiger partial charge on any atom is -0.458 e. The molecule has 0 aliphatic carbocycles. The summed E-state index contributed by atoms with van der Waals surface area (Å²) < 4.78 is 32.5. The molecule has 0 aromatic rings. The molecule has 1 N–H and O–H groups in total. The number of likely N-dealkylation sites (N-methyl/N-ethyl adjacent to an activating group) is 1. The van der Waals surface area contributed by atoms with Crippen LogP contribution in [-0.2, 0) is 32.7 Å². The topological polar surface area (TPSA) is 108 Å². The summed E-state index contributed by atoms with van der Waals surface area (Å²) in [6.07, 6.45) is 10.9. The quantitative estimate of drug-likeness (QED) is 0.143. The first-order chi connectivity index (χ1) is 14.0. The molecule has 0 radical (unpaired) electrons. The van der Waals surface area contributed by atoms with E-state index in [1.807, 2.05) is 21.1 Å². The Bertz CT molecular complexity index is 691. The molecule has 0 saturated heterocycles. The molecule has 0 bridgehead atoms. The van der Waals surface area contributed by atoms with Crippen LogP contribution < -0.4 is 0 Å². The van der Waals surface area contributed by atoms with Crippen molar-refractivity contribution in [3.05, 3.63) is 48.6 Å². The van der Waals surface area contributed by atoms with Gasteiger partial charge in [0.1, 0.15) is 19.8 Å². The number of allylic oxidation sites excluding steroid dienone is 6. The summed E-state index contributed by atoms with van der Waals surface area (Å²) in [6, 6.07) is 0. The van der Waals surface area contributed by atoms with Crippen molar-refractivity contribution in [1.82, 2.24) is 0 Å². The van der Waals surface area contributed by atoms with E-state index >= 15 is 0 Å². The molecule has 170 valence electrons. The number of quaternary nitrogens is 1. The van der Waals surface area contributed by atoms with E-state index in [1.165, 1.54) is 18.2 Å². The zero-order chi connectivity index (χ0) is 23.0. The van der Waals surface area contributed by atoms with Crippen LogP contribution in [0.4, 0.5) is 0 Å². The molecule has 0 aromatic heterocycles. The Morgan fingerprint density at radius 3 is 2.03 bits per heavy atom. The van der Waals surface area contributed by atoms with Crippen molar-refractivity contribution in [2.75, 3.05) is 47.5 Å². The van der Waals surface area contributed by atoms with Crippen LogP contribution in [0.1, 0.15) is 13.8 Å². The maximum atomic E-state index is 12.0. The predicted octanol–water partition coefficient (Wildman–Crippen LogP) is 2.55. The van der Waals surface area contributed by atoms with Gasteiger partial charge in [-0.25, -0.2) is 14.2 Å². The first kappa shape index (κ1) is 28.0. The Kier molecular flexibility index (Phi) is 13.9. The van der Waals surface area contributed by atoms with E-state index in [0.717, 1.165) is 6.08 Å². The van der Waals surface area contributed by atoms with Gasteiger partial charge in [-0.1, -0.05) is 36.5 Å². The zero-order valence-corrected chi connectivity index (χ0v) is 19.1. The third-order valence-corrected chi connectivity index (χ3v) is 4.19. The SMILES string of the molecule is C/C=C/C=C/C(=O)OCC(COP(=O)(O)OCC[N+](C)(C)C)OC(=O)/C=C/C=C/C. The van der Waals surface area contributed by atoms with Gasteiger partial charge in [-0.2, -0.15) is 0 Å². The summed E-state index contributed by atoms with van der Waals surface area (Å²) >= 11 is 0. The first-order valence-corrected chi connectivity index (χ1v) is 10.9. The molecular weight excluding hydrogens is 413 g/mol. The van der Waals surface area contributed by atoms with Crippen molar-refractivity contribution in [3.8, 4) is 0 Å². The van der Waals surface area contributed by atoms with E-state index in [0.29, 0.717) is 11.0 Å². The summed E-state index contributed by atoms with van der Waals surface area (Å²) in [5.41, 5.74) is 0. The maximum absolute atomic E-state index is 12.0. The van der Waals surface area contributed by atoms with E-state index in [9.17, 15) is 19.0 Å². The number of hydrogen-bond acceptors (Lipinski definition) is 7. The highest BCUT2D eigenvalue weighted by Gasteiger charge is 2.26. The van der Waals surface area contributed by atoms with Gasteiger partial charge in [0.2, 0.25) is 0 Å². The second-order valence-electron chi connectivity index (χ2n) is 7.07. The Balaban J connectivity index is 4.86. The lowest BCUT2D eigenvalue weighted by Crippen LogP contribution is -2.37. The van der Waals surface area contributed by atoms with Gasteiger partial charge >= 0.3 is 19.8 Å². The summed E-state index contributed by atoms with van der Waals surface area (Å²) in [4.78, 5) is 33.3. The number of ether oxygens (including phenoxy) is 2. The molecule has 0 aliphatic rings. The van der Waals surface area contributed by atoms with Crippen molar-refractivity contribution in [3.63, 3.8) is 0 Å². The third kappa shape index (κ3) is 16.9. The van der Waals surface area contributed by atoms with Gasteiger partial charge in [-0.3, -0.25) is 9.05 Å². The van der Waals surface area contributed by atoms with Gasteiger partial charge in [-0.15, -0.1) is 0 Å². The highest BCUT2D eigenvalue weighted by molar-refractivity contribution is 7.47. The number of rotatable bonds is 14. The average molecular weight is 446 g/mol. The van der Waals surface area contributed by atoms with Crippen LogP contribution in [0.2, 0.25) is 0 Å². The van der Waals surface area contributed by atoms with Crippen LogP contribution in [0.25, 0.3) is 0 Å². The Hall–Kier alpha value is -2.03. The van der Waals surface area contributed by atoms with E-state index in [2.05, 4.69) is 0 Å². The van der Waals surface area contributed by atoms with Crippen LogP contribution >= 0.6 is 7.82 Å². The number of nitrogens with zero attached hydrogens (tertiary/aromatic N) is 1. The maximum Gasteiger partial charge on any atom is 0.472 e. The van der Waals surface area contributed by atoms with Crippen LogP contribution in [-0.4, -0.2) is 74.9 Å². The molecule has 9 nitrogen and oxygen atoms in total. The van der Waals surface area contributed by atoms with Gasteiger partial charge in [0.05, 0.1) is 27.7 Å². The number of esters is 2. The Labute approximate surface area is 178 Å². The van der Waals surface area contributed by atoms with Crippen molar-refractivity contribution in [1.29, 1.82) is 0 Å². The number of carbonyl (C=O) groups is 2. The summed E-state index contributed by atoms with van der Waals surface area (Å²) in [5.74, 6) is -1.38. The van der Waals surface area contributed by atoms with Crippen LogP contribution in [0.5, 0.6) is 0 Å². The van der Waals surface area contributed by atoms with Crippen molar-refractivity contribution >= 4 is 19.8 Å². The van der Waals surface area contributed by atoms with Gasteiger partial charge in [0, 0.05) is 12.2 Å². The molecule has 2 unspecified atom stereocenters. The van der Waals surface area contributed by atoms with E-state index in [-0.39, 0.29) is 13.2 Å². The fourth-order valence-electron chi connectivity index (χ4n) is 1.68. The predicted molar refractivity (Wildman–Crippen MR) is 113 cm³/mol. The second-order valence-corrected chi connectivity index (χ2v) is 8.52. The highest BCUT2D eigenvalue weighted by Crippen LogP contribution is 2.43. The van der Waals surface area contributed by atoms with E-state index < -0.39 is 32.5 Å². The van der Waals surface area contributed by atoms with E-state index in [1.54, 1.807) is 38.2 Å². The smallest absolute Gasteiger partial charge is 0.458 e. The monoisotopic (exact) mass is 446 g/mol. The third-order valence-electron chi connectivity index (χ3n) is 3.21. The zero-order valence-electron chi connectivity index (χ0n) is 18.2. The van der Waals surface area contributed by atoms with Gasteiger partial charge in [0.15, 0.2) is 6.10 Å². The largest absolute Gasteiger partial charge is 0.472 e. The lowest BCUT2D eigenvalue weighted by molar-refractivity contribution is -0.870. The minimum atomic E-state index is -4.37. The lowest BCUT2D eigenvalue weighted by Gasteiger charge is -2.24. The molecule has 0 rings (SSSR count). The Morgan fingerprint density at radius 2 is 1.50 bits per heavy atom. The fourth-order valence-corrected chi connectivity index (χ4v) is 2.42. The number of phosphoric ester groups is 1. The molecule has 0 saturated carbocycles. The molecule has 0 aliphatic heterocycles. The van der Waals surface area contributed by atoms with E-state index in [4.69, 9.17) is 18.5 Å². The van der Waals surface area contributed by atoms with Crippen LogP contribution in [0.15, 0.2) is 48.6 Å². The number of phosphoric acid groups is 1. The van der Waals surface area contributed by atoms with Crippen LogP contribution in [0, 0.1) is 0 Å². The number of hydrogen-bond donors (Lipinski definition) is 1. The van der Waals surface area contributed by atoms with Crippen molar-refractivity contribution in [2.24, 2.45) is 0 Å². The summed E-state index contributed by atoms with van der Waals surface area (Å²) in [6.45, 7) is 3.20. The molecule has 2 atom stereocenters. The molecule has 30 heavy (non-hydrogen) atoms. The number of carbonyl (C=O) groups excluding carboxylic acids is 2. The molecule has 10 heteroatoms. The minimum absolute atomic E-state index is 0.00144. The second kappa shape index (κ2) is 14.9. The van der Waals surface area contributed by atoms with Gasteiger partial charge in [-0.05, 0) is 13.8 Å². The Morgan fingerprint density at radius 1 is 0.933 bits per heavy atom. The first-order valence-electron chi connectivity index (χ1n) is 9.37. The van der Waals surface area contributed by atoms with Gasteiger partial charge in [0.25, 0.3) is 0 Å². The molecular formula is C20H33NO8P+. The molecule has 0 spiro atoms. The molecule has 0 aromatic carbocycles. The highest BCUT2D eigenvalue weighted by atomic mass is 31.2. The fraction of sp³-hybridized carbons (Fsp3) is 0.500. The molecule has 0 heterocycles.